The van der Waals surface area contributed by atoms with Crippen LogP contribution in [0.15, 0.2) is 85.5 Å². The van der Waals surface area contributed by atoms with E-state index in [0.29, 0.717) is 43.7 Å². The molecule has 2 aliphatic heterocycles. The number of aromatic nitrogens is 5. The number of hydrogen-bond donors (Lipinski definition) is 1. The quantitative estimate of drug-likeness (QED) is 0.167. The van der Waals surface area contributed by atoms with Gasteiger partial charge in [0.2, 0.25) is 5.95 Å². The van der Waals surface area contributed by atoms with Gasteiger partial charge in [-0.25, -0.2) is 4.98 Å². The van der Waals surface area contributed by atoms with Crippen LogP contribution in [0.1, 0.15) is 48.5 Å². The number of nitrogens with zero attached hydrogens (tertiary/aromatic N) is 7. The third-order valence-electron chi connectivity index (χ3n) is 10.3. The average Bonchev–Trinajstić information content (AvgIpc) is 3.92. The van der Waals surface area contributed by atoms with Gasteiger partial charge in [0.05, 0.1) is 30.3 Å². The van der Waals surface area contributed by atoms with E-state index in [-0.39, 0.29) is 11.3 Å². The molecule has 1 amide bonds. The fourth-order valence-corrected chi connectivity index (χ4v) is 7.52. The van der Waals surface area contributed by atoms with Crippen LogP contribution in [-0.2, 0) is 16.7 Å². The van der Waals surface area contributed by atoms with Crippen LogP contribution in [0.5, 0.6) is 5.75 Å². The molecule has 0 spiro atoms. The molecule has 1 unspecified atom stereocenters. The van der Waals surface area contributed by atoms with Crippen molar-refractivity contribution in [1.82, 2.24) is 34.1 Å². The molecule has 0 saturated carbocycles. The first-order valence-electron chi connectivity index (χ1n) is 17.5. The molecule has 11 heteroatoms. The Morgan fingerprint density at radius 1 is 0.959 bits per heavy atom. The van der Waals surface area contributed by atoms with Crippen molar-refractivity contribution >= 4 is 22.9 Å². The van der Waals surface area contributed by atoms with E-state index in [2.05, 4.69) is 73.5 Å². The summed E-state index contributed by atoms with van der Waals surface area (Å²) in [5.41, 5.74) is 4.71. The molecule has 0 aliphatic carbocycles. The number of hydrogen-bond acceptors (Lipinski definition) is 8. The zero-order valence-electron chi connectivity index (χ0n) is 28.5. The zero-order valence-corrected chi connectivity index (χ0v) is 28.5. The number of amides is 1. The van der Waals surface area contributed by atoms with Gasteiger partial charge in [-0.2, -0.15) is 0 Å². The van der Waals surface area contributed by atoms with Gasteiger partial charge in [-0.05, 0) is 75.0 Å². The molecular weight excluding hydrogens is 616 g/mol. The lowest BCUT2D eigenvalue weighted by atomic mass is 9.76. The molecule has 3 aromatic carbocycles. The Morgan fingerprint density at radius 3 is 2.51 bits per heavy atom. The second-order valence-corrected chi connectivity index (χ2v) is 13.2. The van der Waals surface area contributed by atoms with Crippen molar-refractivity contribution in [1.29, 1.82) is 0 Å². The Balaban J connectivity index is 1.01. The van der Waals surface area contributed by atoms with Crippen LogP contribution in [0.3, 0.4) is 0 Å². The molecule has 0 radical (unpaired) electrons. The number of ether oxygens (including phenoxy) is 2. The first-order valence-corrected chi connectivity index (χ1v) is 17.5. The maximum absolute atomic E-state index is 14.1. The van der Waals surface area contributed by atoms with E-state index in [1.54, 1.807) is 24.3 Å². The highest BCUT2D eigenvalue weighted by molar-refractivity contribution is 5.98. The van der Waals surface area contributed by atoms with Gasteiger partial charge in [0.1, 0.15) is 18.4 Å². The van der Waals surface area contributed by atoms with Gasteiger partial charge in [-0.3, -0.25) is 9.36 Å². The summed E-state index contributed by atoms with van der Waals surface area (Å²) in [6.07, 6.45) is 7.29. The minimum absolute atomic E-state index is 0.0104. The number of para-hydroxylation sites is 2. The van der Waals surface area contributed by atoms with E-state index in [9.17, 15) is 4.79 Å². The number of carbonyl (C=O) groups is 1. The smallest absolute Gasteiger partial charge is 0.257 e. The number of benzene rings is 3. The van der Waals surface area contributed by atoms with Crippen molar-refractivity contribution in [3.8, 4) is 11.4 Å². The van der Waals surface area contributed by atoms with Crippen molar-refractivity contribution in [2.75, 3.05) is 58.4 Å². The Morgan fingerprint density at radius 2 is 1.73 bits per heavy atom. The van der Waals surface area contributed by atoms with E-state index in [1.165, 1.54) is 5.56 Å². The fraction of sp³-hybridized carbons (Fsp3) is 0.421. The average molecular weight is 663 g/mol. The largest absolute Gasteiger partial charge is 0.496 e. The topological polar surface area (TPSA) is 103 Å². The zero-order chi connectivity index (χ0) is 33.6. The molecule has 1 atom stereocenters. The molecule has 1 N–H and O–H groups in total. The minimum atomic E-state index is -0.115. The second kappa shape index (κ2) is 14.8. The van der Waals surface area contributed by atoms with Gasteiger partial charge in [0, 0.05) is 56.5 Å². The first-order chi connectivity index (χ1) is 24.1. The monoisotopic (exact) mass is 662 g/mol. The maximum atomic E-state index is 14.1. The molecule has 2 aliphatic rings. The fourth-order valence-electron chi connectivity index (χ4n) is 7.52. The van der Waals surface area contributed by atoms with Crippen molar-refractivity contribution in [3.63, 3.8) is 0 Å². The number of likely N-dealkylation sites (tertiary alicyclic amines) is 2. The molecule has 2 aromatic heterocycles. The van der Waals surface area contributed by atoms with Crippen LogP contribution >= 0.6 is 0 Å². The summed E-state index contributed by atoms with van der Waals surface area (Å²) in [7, 11) is 1.61. The van der Waals surface area contributed by atoms with Crippen molar-refractivity contribution in [3.05, 3.63) is 96.6 Å². The second-order valence-electron chi connectivity index (χ2n) is 13.2. The van der Waals surface area contributed by atoms with Crippen LogP contribution in [0.25, 0.3) is 16.7 Å². The van der Waals surface area contributed by atoms with E-state index in [4.69, 9.17) is 14.5 Å². The number of carbonyl (C=O) groups excluding carboxylic acids is 1. The number of anilines is 1. The molecule has 49 heavy (non-hydrogen) atoms. The van der Waals surface area contributed by atoms with Gasteiger partial charge < -0.3 is 29.2 Å². The van der Waals surface area contributed by atoms with Gasteiger partial charge in [-0.15, -0.1) is 10.2 Å². The Kier molecular flexibility index (Phi) is 9.90. The number of piperidine rings is 1. The SMILES string of the molecule is CCOCCn1c(NC2CCN(CCC3(c4ccccc4)CCN(C(=O)c4cc(-n5cnnc5)ccc4OC)C3)CC2)nc2ccccc21. The lowest BCUT2D eigenvalue weighted by molar-refractivity contribution is 0.0776. The Hall–Kier alpha value is -4.74. The molecule has 4 heterocycles. The summed E-state index contributed by atoms with van der Waals surface area (Å²) < 4.78 is 15.4. The number of methoxy groups -OCH3 is 1. The Bertz CT molecular complexity index is 1830. The summed E-state index contributed by atoms with van der Waals surface area (Å²) in [4.78, 5) is 23.6. The molecule has 5 aromatic rings. The molecule has 256 valence electrons. The van der Waals surface area contributed by atoms with Crippen LogP contribution in [0.4, 0.5) is 5.95 Å². The van der Waals surface area contributed by atoms with E-state index < -0.39 is 0 Å². The third-order valence-corrected chi connectivity index (χ3v) is 10.3. The molecule has 2 saturated heterocycles. The van der Waals surface area contributed by atoms with Gasteiger partial charge >= 0.3 is 0 Å². The van der Waals surface area contributed by atoms with Crippen molar-refractivity contribution in [2.24, 2.45) is 0 Å². The van der Waals surface area contributed by atoms with Crippen LogP contribution < -0.4 is 10.1 Å². The standard InChI is InChI=1S/C38H46N8O3/c1-3-49-24-23-46-34-12-8-7-11-33(34)42-37(46)41-30-15-19-43(20-16-30)21-17-38(29-9-5-4-6-10-29)18-22-44(26-38)36(47)32-25-31(13-14-35(32)48-2)45-27-39-40-28-45/h4-14,25,27-28,30H,3,15-24,26H2,1-2H3,(H,41,42). The van der Waals surface area contributed by atoms with Crippen molar-refractivity contribution < 1.29 is 14.3 Å². The molecule has 11 nitrogen and oxygen atoms in total. The number of nitrogens with one attached hydrogen (secondary N) is 1. The highest BCUT2D eigenvalue weighted by Crippen LogP contribution is 2.39. The highest BCUT2D eigenvalue weighted by atomic mass is 16.5. The summed E-state index contributed by atoms with van der Waals surface area (Å²) >= 11 is 0. The van der Waals surface area contributed by atoms with Gasteiger partial charge in [0.15, 0.2) is 0 Å². The van der Waals surface area contributed by atoms with E-state index >= 15 is 0 Å². The van der Waals surface area contributed by atoms with Crippen LogP contribution in [0, 0.1) is 0 Å². The summed E-state index contributed by atoms with van der Waals surface area (Å²) in [5, 5.41) is 11.6. The van der Waals surface area contributed by atoms with E-state index in [1.807, 2.05) is 36.1 Å². The molecular formula is C38H46N8O3. The number of imidazole rings is 1. The van der Waals surface area contributed by atoms with Crippen molar-refractivity contribution in [2.45, 2.75) is 50.6 Å². The Labute approximate surface area is 287 Å². The lowest BCUT2D eigenvalue weighted by Crippen LogP contribution is -2.42. The highest BCUT2D eigenvalue weighted by Gasteiger charge is 2.42. The van der Waals surface area contributed by atoms with Crippen LogP contribution in [-0.4, -0.2) is 99.1 Å². The molecule has 0 bridgehead atoms. The summed E-state index contributed by atoms with van der Waals surface area (Å²) in [5.74, 6) is 1.49. The molecule has 2 fully saturated rings. The van der Waals surface area contributed by atoms with Gasteiger partial charge in [0.25, 0.3) is 5.91 Å². The molecule has 7 rings (SSSR count). The summed E-state index contributed by atoms with van der Waals surface area (Å²) in [6.45, 7) is 8.59. The number of fused-ring (bicyclic) bond motifs is 1. The van der Waals surface area contributed by atoms with Crippen LogP contribution in [0.2, 0.25) is 0 Å². The summed E-state index contributed by atoms with van der Waals surface area (Å²) in [6, 6.07) is 25.1. The predicted octanol–water partition coefficient (Wildman–Crippen LogP) is 5.41. The third kappa shape index (κ3) is 7.04. The first kappa shape index (κ1) is 32.8. The number of rotatable bonds is 13. The maximum Gasteiger partial charge on any atom is 0.257 e. The normalized spacial score (nSPS) is 18.7. The van der Waals surface area contributed by atoms with E-state index in [0.717, 1.165) is 74.5 Å². The lowest BCUT2D eigenvalue weighted by Gasteiger charge is -2.36. The minimum Gasteiger partial charge on any atom is -0.496 e. The predicted molar refractivity (Wildman–Crippen MR) is 190 cm³/mol. The van der Waals surface area contributed by atoms with Gasteiger partial charge in [-0.1, -0.05) is 42.5 Å².